The van der Waals surface area contributed by atoms with Crippen molar-refractivity contribution in [1.82, 2.24) is 14.5 Å². The minimum atomic E-state index is 0.291. The van der Waals surface area contributed by atoms with E-state index in [0.29, 0.717) is 16.9 Å². The predicted octanol–water partition coefficient (Wildman–Crippen LogP) is 1.73. The maximum Gasteiger partial charge on any atom is 0.190 e. The lowest BCUT2D eigenvalue weighted by Crippen LogP contribution is -1.98. The lowest BCUT2D eigenvalue weighted by molar-refractivity contribution is 0.125. The molecule has 0 aliphatic carbocycles. The topological polar surface area (TPSA) is 66.0 Å². The van der Waals surface area contributed by atoms with E-state index in [1.807, 2.05) is 24.1 Å². The maximum absolute atomic E-state index is 6.12. The van der Waals surface area contributed by atoms with Crippen LogP contribution in [0.1, 0.15) is 5.56 Å². The zero-order chi connectivity index (χ0) is 11.7. The molecule has 2 aromatic rings. The van der Waals surface area contributed by atoms with Gasteiger partial charge in [0.2, 0.25) is 0 Å². The van der Waals surface area contributed by atoms with E-state index < -0.39 is 0 Å². The van der Waals surface area contributed by atoms with Gasteiger partial charge in [-0.1, -0.05) is 23.4 Å². The van der Waals surface area contributed by atoms with Crippen molar-refractivity contribution < 1.29 is 4.84 Å². The summed E-state index contributed by atoms with van der Waals surface area (Å²) in [6, 6.07) is 0. The number of nitrogens with two attached hydrogens (primary N) is 1. The highest BCUT2D eigenvalue weighted by Gasteiger charge is 2.14. The average Bonchev–Trinajstić information content (AvgIpc) is 2.57. The summed E-state index contributed by atoms with van der Waals surface area (Å²) in [5.74, 6) is 5.07. The highest BCUT2D eigenvalue weighted by atomic mass is 35.5. The Hall–Kier alpha value is -0.820. The zero-order valence-corrected chi connectivity index (χ0v) is 10.5. The van der Waals surface area contributed by atoms with Gasteiger partial charge in [-0.05, 0) is 6.26 Å². The molecule has 0 atom stereocenters. The fraction of sp³-hybridized carbons (Fsp3) is 0.333. The van der Waals surface area contributed by atoms with Gasteiger partial charge in [-0.25, -0.2) is 15.9 Å². The standard InChI is InChI=1S/C9H11ClN4OS/c1-14-3-5(4-15-11)6-7(10)12-9(16-2)13-8(6)14/h3H,4,11H2,1-2H3. The van der Waals surface area contributed by atoms with Crippen LogP contribution in [0.15, 0.2) is 11.4 Å². The van der Waals surface area contributed by atoms with Crippen LogP contribution in [0.2, 0.25) is 5.15 Å². The molecule has 0 spiro atoms. The van der Waals surface area contributed by atoms with Crippen molar-refractivity contribution >= 4 is 34.4 Å². The summed E-state index contributed by atoms with van der Waals surface area (Å²) in [5, 5.41) is 1.88. The van der Waals surface area contributed by atoms with Gasteiger partial charge in [0.25, 0.3) is 0 Å². The van der Waals surface area contributed by atoms with Crippen molar-refractivity contribution in [3.05, 3.63) is 16.9 Å². The second kappa shape index (κ2) is 4.58. The lowest BCUT2D eigenvalue weighted by atomic mass is 10.2. The molecule has 7 heteroatoms. The highest BCUT2D eigenvalue weighted by molar-refractivity contribution is 7.98. The van der Waals surface area contributed by atoms with Gasteiger partial charge in [0.05, 0.1) is 12.0 Å². The second-order valence-electron chi connectivity index (χ2n) is 3.28. The molecule has 16 heavy (non-hydrogen) atoms. The predicted molar refractivity (Wildman–Crippen MR) is 64.3 cm³/mol. The van der Waals surface area contributed by atoms with Crippen LogP contribution in [0.5, 0.6) is 0 Å². The van der Waals surface area contributed by atoms with E-state index in [9.17, 15) is 0 Å². The van der Waals surface area contributed by atoms with E-state index in [1.54, 1.807) is 0 Å². The fourth-order valence-corrected chi connectivity index (χ4v) is 2.28. The SMILES string of the molecule is CSc1nc(Cl)c2c(CON)cn(C)c2n1. The first-order valence-corrected chi connectivity index (χ1v) is 6.14. The smallest absolute Gasteiger partial charge is 0.190 e. The molecule has 2 aromatic heterocycles. The van der Waals surface area contributed by atoms with Crippen molar-refractivity contribution in [2.75, 3.05) is 6.26 Å². The molecule has 2 rings (SSSR count). The lowest BCUT2D eigenvalue weighted by Gasteiger charge is -2.01. The number of hydrogen-bond acceptors (Lipinski definition) is 5. The summed E-state index contributed by atoms with van der Waals surface area (Å²) < 4.78 is 1.89. The van der Waals surface area contributed by atoms with Crippen molar-refractivity contribution in [2.45, 2.75) is 11.8 Å². The molecule has 2 N–H and O–H groups in total. The number of halogens is 1. The molecular weight excluding hydrogens is 248 g/mol. The number of thioether (sulfide) groups is 1. The molecule has 86 valence electrons. The minimum Gasteiger partial charge on any atom is -0.335 e. The van der Waals surface area contributed by atoms with Crippen LogP contribution in [0.3, 0.4) is 0 Å². The quantitative estimate of drug-likeness (QED) is 0.393. The summed E-state index contributed by atoms with van der Waals surface area (Å²) in [7, 11) is 1.90. The summed E-state index contributed by atoms with van der Waals surface area (Å²) in [4.78, 5) is 13.2. The zero-order valence-electron chi connectivity index (χ0n) is 8.90. The van der Waals surface area contributed by atoms with Crippen LogP contribution in [0, 0.1) is 0 Å². The maximum atomic E-state index is 6.12. The third kappa shape index (κ3) is 1.89. The first kappa shape index (κ1) is 11.7. The number of fused-ring (bicyclic) bond motifs is 1. The molecule has 0 amide bonds. The van der Waals surface area contributed by atoms with Crippen molar-refractivity contribution in [3.63, 3.8) is 0 Å². The third-order valence-electron chi connectivity index (χ3n) is 2.25. The molecule has 0 saturated heterocycles. The molecule has 0 unspecified atom stereocenters. The molecule has 5 nitrogen and oxygen atoms in total. The van der Waals surface area contributed by atoms with E-state index in [1.165, 1.54) is 11.8 Å². The van der Waals surface area contributed by atoms with Gasteiger partial charge >= 0.3 is 0 Å². The molecule has 0 aliphatic heterocycles. The first-order valence-electron chi connectivity index (χ1n) is 4.54. The monoisotopic (exact) mass is 258 g/mol. The van der Waals surface area contributed by atoms with Crippen LogP contribution in [-0.4, -0.2) is 20.8 Å². The summed E-state index contributed by atoms with van der Waals surface area (Å²) in [5.41, 5.74) is 1.68. The Morgan fingerprint density at radius 1 is 1.56 bits per heavy atom. The van der Waals surface area contributed by atoms with Crippen LogP contribution >= 0.6 is 23.4 Å². The van der Waals surface area contributed by atoms with Gasteiger partial charge in [0.1, 0.15) is 10.8 Å². The summed E-state index contributed by atoms with van der Waals surface area (Å²) in [6.45, 7) is 0.291. The third-order valence-corrected chi connectivity index (χ3v) is 3.07. The van der Waals surface area contributed by atoms with Crippen LogP contribution in [0.25, 0.3) is 11.0 Å². The second-order valence-corrected chi connectivity index (χ2v) is 4.41. The molecule has 0 aromatic carbocycles. The molecular formula is C9H11ClN4OS. The Kier molecular flexibility index (Phi) is 3.34. The van der Waals surface area contributed by atoms with Crippen LogP contribution in [-0.2, 0) is 18.5 Å². The first-order chi connectivity index (χ1) is 7.67. The molecule has 0 bridgehead atoms. The number of aryl methyl sites for hydroxylation is 1. The van der Waals surface area contributed by atoms with Crippen LogP contribution < -0.4 is 5.90 Å². The van der Waals surface area contributed by atoms with Crippen molar-refractivity contribution in [3.8, 4) is 0 Å². The highest BCUT2D eigenvalue weighted by Crippen LogP contribution is 2.27. The van der Waals surface area contributed by atoms with Gasteiger partial charge < -0.3 is 4.57 Å². The Morgan fingerprint density at radius 2 is 2.31 bits per heavy atom. The molecule has 0 radical (unpaired) electrons. The van der Waals surface area contributed by atoms with Gasteiger partial charge in [0.15, 0.2) is 5.16 Å². The van der Waals surface area contributed by atoms with E-state index in [-0.39, 0.29) is 0 Å². The van der Waals surface area contributed by atoms with Gasteiger partial charge in [-0.15, -0.1) is 0 Å². The molecule has 0 fully saturated rings. The number of aromatic nitrogens is 3. The number of hydrogen-bond donors (Lipinski definition) is 1. The fourth-order valence-electron chi connectivity index (χ4n) is 1.58. The minimum absolute atomic E-state index is 0.291. The van der Waals surface area contributed by atoms with Crippen molar-refractivity contribution in [1.29, 1.82) is 0 Å². The Labute approximate surface area is 102 Å². The van der Waals surface area contributed by atoms with Crippen LogP contribution in [0.4, 0.5) is 0 Å². The Morgan fingerprint density at radius 3 is 2.94 bits per heavy atom. The number of rotatable bonds is 3. The average molecular weight is 259 g/mol. The Bertz CT molecular complexity index is 528. The van der Waals surface area contributed by atoms with E-state index in [4.69, 9.17) is 17.5 Å². The summed E-state index contributed by atoms with van der Waals surface area (Å²) in [6.07, 6.45) is 3.80. The van der Waals surface area contributed by atoms with Gasteiger partial charge in [-0.3, -0.25) is 4.84 Å². The molecule has 2 heterocycles. The van der Waals surface area contributed by atoms with Crippen molar-refractivity contribution in [2.24, 2.45) is 12.9 Å². The number of nitrogens with zero attached hydrogens (tertiary/aromatic N) is 3. The van der Waals surface area contributed by atoms with Gasteiger partial charge in [0, 0.05) is 18.8 Å². The summed E-state index contributed by atoms with van der Waals surface area (Å²) >= 11 is 7.57. The van der Waals surface area contributed by atoms with E-state index in [0.717, 1.165) is 16.6 Å². The Balaban J connectivity index is 2.70. The normalized spacial score (nSPS) is 11.2. The largest absolute Gasteiger partial charge is 0.335 e. The van der Waals surface area contributed by atoms with Gasteiger partial charge in [-0.2, -0.15) is 0 Å². The van der Waals surface area contributed by atoms with E-state index in [2.05, 4.69) is 14.8 Å². The molecule has 0 aliphatic rings. The molecule has 0 saturated carbocycles. The van der Waals surface area contributed by atoms with E-state index >= 15 is 0 Å².